The maximum absolute atomic E-state index is 13.9. The van der Waals surface area contributed by atoms with Crippen LogP contribution in [0.2, 0.25) is 0 Å². The van der Waals surface area contributed by atoms with Crippen molar-refractivity contribution in [2.24, 2.45) is 0 Å². The highest BCUT2D eigenvalue weighted by molar-refractivity contribution is 5.97. The molecule has 0 bridgehead atoms. The summed E-state index contributed by atoms with van der Waals surface area (Å²) < 4.78 is 33.1. The van der Waals surface area contributed by atoms with E-state index in [1.807, 2.05) is 0 Å². The summed E-state index contributed by atoms with van der Waals surface area (Å²) in [7, 11) is 0. The fourth-order valence-electron chi connectivity index (χ4n) is 3.61. The van der Waals surface area contributed by atoms with Gasteiger partial charge in [-0.05, 0) is 31.4 Å². The van der Waals surface area contributed by atoms with E-state index in [4.69, 9.17) is 4.74 Å². The minimum absolute atomic E-state index is 0.296. The lowest BCUT2D eigenvalue weighted by Gasteiger charge is -2.23. The van der Waals surface area contributed by atoms with Gasteiger partial charge < -0.3 is 9.64 Å². The number of likely N-dealkylation sites (tertiary alicyclic amines) is 1. The Bertz CT molecular complexity index is 630. The molecule has 1 atom stereocenters. The number of amides is 1. The number of hydrogen-bond acceptors (Lipinski definition) is 3. The highest BCUT2D eigenvalue weighted by Crippen LogP contribution is 2.24. The van der Waals surface area contributed by atoms with Gasteiger partial charge in [-0.15, -0.1) is 0 Å². The molecule has 2 rings (SSSR count). The predicted molar refractivity (Wildman–Crippen MR) is 104 cm³/mol. The van der Waals surface area contributed by atoms with Crippen LogP contribution in [0.3, 0.4) is 0 Å². The first-order chi connectivity index (χ1) is 13.6. The molecule has 1 aromatic carbocycles. The van der Waals surface area contributed by atoms with Gasteiger partial charge in [-0.25, -0.2) is 13.6 Å². The van der Waals surface area contributed by atoms with Crippen LogP contribution in [0.4, 0.5) is 8.78 Å². The summed E-state index contributed by atoms with van der Waals surface area (Å²) in [6.45, 7) is 2.81. The zero-order valence-corrected chi connectivity index (χ0v) is 16.7. The van der Waals surface area contributed by atoms with Crippen LogP contribution in [-0.2, 0) is 9.53 Å². The lowest BCUT2D eigenvalue weighted by atomic mass is 10.1. The van der Waals surface area contributed by atoms with Gasteiger partial charge in [0.05, 0.1) is 6.61 Å². The number of unbranched alkanes of at least 4 members (excludes halogenated alkanes) is 7. The number of esters is 1. The van der Waals surface area contributed by atoms with E-state index < -0.39 is 35.1 Å². The molecule has 0 saturated carbocycles. The molecule has 0 radical (unpaired) electrons. The van der Waals surface area contributed by atoms with Gasteiger partial charge in [-0.1, -0.05) is 57.9 Å². The van der Waals surface area contributed by atoms with Crippen LogP contribution in [0.5, 0.6) is 0 Å². The summed E-state index contributed by atoms with van der Waals surface area (Å²) in [5, 5.41) is 0. The van der Waals surface area contributed by atoms with Crippen molar-refractivity contribution in [3.05, 3.63) is 35.4 Å². The number of rotatable bonds is 11. The van der Waals surface area contributed by atoms with Gasteiger partial charge in [0.1, 0.15) is 23.2 Å². The topological polar surface area (TPSA) is 46.6 Å². The van der Waals surface area contributed by atoms with Crippen molar-refractivity contribution in [2.45, 2.75) is 77.2 Å². The monoisotopic (exact) mass is 395 g/mol. The van der Waals surface area contributed by atoms with Gasteiger partial charge in [-0.3, -0.25) is 4.79 Å². The average molecular weight is 395 g/mol. The van der Waals surface area contributed by atoms with Crippen LogP contribution < -0.4 is 0 Å². The van der Waals surface area contributed by atoms with Gasteiger partial charge >= 0.3 is 5.97 Å². The zero-order valence-electron chi connectivity index (χ0n) is 16.7. The van der Waals surface area contributed by atoms with E-state index in [0.29, 0.717) is 26.0 Å². The maximum atomic E-state index is 13.9. The van der Waals surface area contributed by atoms with Crippen molar-refractivity contribution in [1.82, 2.24) is 4.90 Å². The second-order valence-electron chi connectivity index (χ2n) is 7.40. The van der Waals surface area contributed by atoms with Crippen LogP contribution in [-0.4, -0.2) is 36.0 Å². The van der Waals surface area contributed by atoms with Crippen LogP contribution in [0.1, 0.15) is 81.5 Å². The standard InChI is InChI=1S/C22H31F2NO3/c1-2-3-4-5-6-7-8-9-16-28-22(27)19-14-11-15-25(19)21(26)20-17(23)12-10-13-18(20)24/h10,12-13,19H,2-9,11,14-16H2,1H3. The van der Waals surface area contributed by atoms with E-state index in [9.17, 15) is 18.4 Å². The minimum Gasteiger partial charge on any atom is -0.464 e. The number of ether oxygens (including phenoxy) is 1. The summed E-state index contributed by atoms with van der Waals surface area (Å²) in [5.41, 5.74) is -0.606. The fourth-order valence-corrected chi connectivity index (χ4v) is 3.61. The second kappa shape index (κ2) is 11.8. The Morgan fingerprint density at radius 2 is 1.64 bits per heavy atom. The molecule has 0 N–H and O–H groups in total. The number of halogens is 2. The van der Waals surface area contributed by atoms with E-state index in [-0.39, 0.29) is 0 Å². The molecule has 1 heterocycles. The van der Waals surface area contributed by atoms with E-state index in [2.05, 4.69) is 6.92 Å². The predicted octanol–water partition coefficient (Wildman–Crippen LogP) is 5.25. The van der Waals surface area contributed by atoms with Gasteiger partial charge in [0.2, 0.25) is 0 Å². The van der Waals surface area contributed by atoms with Crippen molar-refractivity contribution >= 4 is 11.9 Å². The quantitative estimate of drug-likeness (QED) is 0.380. The molecule has 0 aromatic heterocycles. The molecule has 1 unspecified atom stereocenters. The van der Waals surface area contributed by atoms with Crippen LogP contribution in [0.25, 0.3) is 0 Å². The van der Waals surface area contributed by atoms with Crippen molar-refractivity contribution in [3.8, 4) is 0 Å². The Balaban J connectivity index is 1.76. The zero-order chi connectivity index (χ0) is 20.4. The lowest BCUT2D eigenvalue weighted by molar-refractivity contribution is -0.148. The largest absolute Gasteiger partial charge is 0.464 e. The second-order valence-corrected chi connectivity index (χ2v) is 7.40. The molecule has 1 aromatic rings. The van der Waals surface area contributed by atoms with Crippen LogP contribution in [0.15, 0.2) is 18.2 Å². The molecule has 28 heavy (non-hydrogen) atoms. The molecule has 1 aliphatic heterocycles. The third kappa shape index (κ3) is 6.28. The summed E-state index contributed by atoms with van der Waals surface area (Å²) in [5.74, 6) is -3.10. The minimum atomic E-state index is -0.914. The van der Waals surface area contributed by atoms with Gasteiger partial charge in [-0.2, -0.15) is 0 Å². The Morgan fingerprint density at radius 1 is 1.04 bits per heavy atom. The van der Waals surface area contributed by atoms with Gasteiger partial charge in [0.25, 0.3) is 5.91 Å². The first-order valence-corrected chi connectivity index (χ1v) is 10.5. The summed E-state index contributed by atoms with van der Waals surface area (Å²) in [6, 6.07) is 2.53. The fraction of sp³-hybridized carbons (Fsp3) is 0.636. The Hall–Kier alpha value is -1.98. The van der Waals surface area contributed by atoms with Gasteiger partial charge in [0, 0.05) is 6.54 Å². The molecule has 4 nitrogen and oxygen atoms in total. The first-order valence-electron chi connectivity index (χ1n) is 10.5. The van der Waals surface area contributed by atoms with E-state index in [1.165, 1.54) is 43.1 Å². The third-order valence-electron chi connectivity index (χ3n) is 5.20. The third-order valence-corrected chi connectivity index (χ3v) is 5.20. The Kier molecular flexibility index (Phi) is 9.38. The van der Waals surface area contributed by atoms with Crippen LogP contribution >= 0.6 is 0 Å². The average Bonchev–Trinajstić information content (AvgIpc) is 3.16. The molecule has 1 aliphatic rings. The van der Waals surface area contributed by atoms with Crippen LogP contribution in [0, 0.1) is 11.6 Å². The van der Waals surface area contributed by atoms with Crippen molar-refractivity contribution < 1.29 is 23.1 Å². The van der Waals surface area contributed by atoms with E-state index in [1.54, 1.807) is 0 Å². The highest BCUT2D eigenvalue weighted by atomic mass is 19.1. The molecule has 1 fully saturated rings. The normalized spacial score (nSPS) is 16.4. The lowest BCUT2D eigenvalue weighted by Crippen LogP contribution is -2.42. The molecule has 0 spiro atoms. The summed E-state index contributed by atoms with van der Waals surface area (Å²) in [4.78, 5) is 26.2. The number of hydrogen-bond donors (Lipinski definition) is 0. The summed E-state index contributed by atoms with van der Waals surface area (Å²) in [6.07, 6.45) is 10.2. The number of benzene rings is 1. The molecular weight excluding hydrogens is 364 g/mol. The molecule has 1 amide bonds. The molecular formula is C22H31F2NO3. The highest BCUT2D eigenvalue weighted by Gasteiger charge is 2.37. The number of carbonyl (C=O) groups excluding carboxylic acids is 2. The first kappa shape index (κ1) is 22.3. The molecule has 156 valence electrons. The van der Waals surface area contributed by atoms with E-state index >= 15 is 0 Å². The van der Waals surface area contributed by atoms with Crippen molar-refractivity contribution in [3.63, 3.8) is 0 Å². The smallest absolute Gasteiger partial charge is 0.328 e. The maximum Gasteiger partial charge on any atom is 0.328 e. The summed E-state index contributed by atoms with van der Waals surface area (Å²) >= 11 is 0. The van der Waals surface area contributed by atoms with Crippen molar-refractivity contribution in [1.29, 1.82) is 0 Å². The van der Waals surface area contributed by atoms with Gasteiger partial charge in [0.15, 0.2) is 0 Å². The molecule has 1 saturated heterocycles. The molecule has 0 aliphatic carbocycles. The SMILES string of the molecule is CCCCCCCCCCOC(=O)C1CCCN1C(=O)c1c(F)cccc1F. The van der Waals surface area contributed by atoms with E-state index in [0.717, 1.165) is 31.4 Å². The molecule has 6 heteroatoms. The number of nitrogens with zero attached hydrogens (tertiary/aromatic N) is 1. The number of carbonyl (C=O) groups is 2. The Morgan fingerprint density at radius 3 is 2.29 bits per heavy atom. The van der Waals surface area contributed by atoms with Crippen molar-refractivity contribution in [2.75, 3.05) is 13.2 Å². The Labute approximate surface area is 166 Å².